The molecule has 0 aliphatic rings. The van der Waals surface area contributed by atoms with Crippen LogP contribution >= 0.6 is 11.3 Å². The van der Waals surface area contributed by atoms with Gasteiger partial charge in [0.15, 0.2) is 0 Å². The van der Waals surface area contributed by atoms with Gasteiger partial charge in [0, 0.05) is 12.1 Å². The number of carbonyl (C=O) groups excluding carboxylic acids is 1. The van der Waals surface area contributed by atoms with Crippen molar-refractivity contribution in [2.45, 2.75) is 13.0 Å². The maximum atomic E-state index is 11.8. The van der Waals surface area contributed by atoms with E-state index in [0.717, 1.165) is 5.01 Å². The number of aliphatic hydroxyl groups excluding tert-OH is 1. The monoisotopic (exact) mass is 338 g/mol. The Morgan fingerprint density at radius 2 is 2.13 bits per heavy atom. The molecule has 1 atom stereocenters. The second-order valence-electron chi connectivity index (χ2n) is 4.58. The molecule has 3 N–H and O–H groups in total. The molecule has 0 bridgehead atoms. The molecule has 1 aromatic heterocycles. The van der Waals surface area contributed by atoms with Crippen LogP contribution in [-0.4, -0.2) is 42.1 Å². The molecule has 0 spiro atoms. The van der Waals surface area contributed by atoms with Gasteiger partial charge in [0.05, 0.1) is 14.2 Å². The molecule has 0 aliphatic heterocycles. The second kappa shape index (κ2) is 7.75. The summed E-state index contributed by atoms with van der Waals surface area (Å²) >= 11 is 1.26. The Labute approximate surface area is 137 Å². The number of aryl methyl sites for hydroxylation is 1. The number of aliphatic hydroxyl groups is 1. The molecule has 1 aromatic carbocycles. The number of amides is 2. The summed E-state index contributed by atoms with van der Waals surface area (Å²) in [5.41, 5.74) is 0.527. The van der Waals surface area contributed by atoms with Gasteiger partial charge in [-0.3, -0.25) is 5.32 Å². The first-order valence-electron chi connectivity index (χ1n) is 6.78. The molecule has 0 aliphatic carbocycles. The summed E-state index contributed by atoms with van der Waals surface area (Å²) in [6.45, 7) is 1.80. The van der Waals surface area contributed by atoms with E-state index in [1.54, 1.807) is 25.1 Å². The van der Waals surface area contributed by atoms with E-state index in [2.05, 4.69) is 20.8 Å². The van der Waals surface area contributed by atoms with Gasteiger partial charge in [-0.1, -0.05) is 11.3 Å². The predicted octanol–water partition coefficient (Wildman–Crippen LogP) is 1.72. The standard InChI is InChI=1S/C14H18N4O4S/c1-8-17-18-14(23-8)16-13(20)15-7-11(19)10-6-9(21-2)4-5-12(10)22-3/h4-6,11,19H,7H2,1-3H3,(H2,15,16,18,20). The molecular weight excluding hydrogens is 320 g/mol. The van der Waals surface area contributed by atoms with Crippen LogP contribution in [0.1, 0.15) is 16.7 Å². The third kappa shape index (κ3) is 4.54. The van der Waals surface area contributed by atoms with Crippen LogP contribution in [-0.2, 0) is 0 Å². The van der Waals surface area contributed by atoms with E-state index in [0.29, 0.717) is 22.2 Å². The number of carbonyl (C=O) groups is 1. The van der Waals surface area contributed by atoms with E-state index < -0.39 is 12.1 Å². The van der Waals surface area contributed by atoms with E-state index in [-0.39, 0.29) is 6.54 Å². The number of methoxy groups -OCH3 is 2. The van der Waals surface area contributed by atoms with Crippen molar-refractivity contribution in [2.24, 2.45) is 0 Å². The number of hydrogen-bond donors (Lipinski definition) is 3. The lowest BCUT2D eigenvalue weighted by Crippen LogP contribution is -2.32. The summed E-state index contributed by atoms with van der Waals surface area (Å²) in [4.78, 5) is 11.8. The largest absolute Gasteiger partial charge is 0.497 e. The van der Waals surface area contributed by atoms with Gasteiger partial charge in [0.25, 0.3) is 0 Å². The van der Waals surface area contributed by atoms with Gasteiger partial charge in [0.1, 0.15) is 22.6 Å². The van der Waals surface area contributed by atoms with Crippen LogP contribution in [0.3, 0.4) is 0 Å². The number of hydrogen-bond acceptors (Lipinski definition) is 7. The highest BCUT2D eigenvalue weighted by Crippen LogP contribution is 2.29. The fourth-order valence-corrected chi connectivity index (χ4v) is 2.47. The summed E-state index contributed by atoms with van der Waals surface area (Å²) in [6, 6.07) is 4.62. The van der Waals surface area contributed by atoms with Gasteiger partial charge < -0.3 is 19.9 Å². The predicted molar refractivity (Wildman–Crippen MR) is 86.2 cm³/mol. The summed E-state index contributed by atoms with van der Waals surface area (Å²) in [5.74, 6) is 1.11. The zero-order valence-electron chi connectivity index (χ0n) is 13.0. The number of nitrogens with one attached hydrogen (secondary N) is 2. The van der Waals surface area contributed by atoms with Crippen molar-refractivity contribution in [3.05, 3.63) is 28.8 Å². The van der Waals surface area contributed by atoms with Crippen molar-refractivity contribution in [1.82, 2.24) is 15.5 Å². The first kappa shape index (κ1) is 17.0. The molecule has 2 amide bonds. The second-order valence-corrected chi connectivity index (χ2v) is 5.77. The SMILES string of the molecule is COc1ccc(OC)c(C(O)CNC(=O)Nc2nnc(C)s2)c1. The highest BCUT2D eigenvalue weighted by Gasteiger charge is 2.16. The fourth-order valence-electron chi connectivity index (χ4n) is 1.89. The highest BCUT2D eigenvalue weighted by molar-refractivity contribution is 7.15. The minimum atomic E-state index is -0.943. The average Bonchev–Trinajstić information content (AvgIpc) is 2.96. The number of benzene rings is 1. The molecule has 0 saturated heterocycles. The Morgan fingerprint density at radius 3 is 2.74 bits per heavy atom. The first-order valence-corrected chi connectivity index (χ1v) is 7.60. The lowest BCUT2D eigenvalue weighted by atomic mass is 10.1. The van der Waals surface area contributed by atoms with Crippen LogP contribution in [0.25, 0.3) is 0 Å². The summed E-state index contributed by atoms with van der Waals surface area (Å²) in [6.07, 6.45) is -0.943. The highest BCUT2D eigenvalue weighted by atomic mass is 32.1. The van der Waals surface area contributed by atoms with Gasteiger partial charge in [-0.05, 0) is 25.1 Å². The summed E-state index contributed by atoms with van der Waals surface area (Å²) < 4.78 is 10.3. The molecule has 0 radical (unpaired) electrons. The van der Waals surface area contributed by atoms with E-state index in [1.165, 1.54) is 25.6 Å². The molecule has 8 nitrogen and oxygen atoms in total. The number of nitrogens with zero attached hydrogens (tertiary/aromatic N) is 2. The lowest BCUT2D eigenvalue weighted by Gasteiger charge is -2.16. The zero-order valence-corrected chi connectivity index (χ0v) is 13.8. The number of anilines is 1. The topological polar surface area (TPSA) is 106 Å². The van der Waals surface area contributed by atoms with Crippen molar-refractivity contribution < 1.29 is 19.4 Å². The van der Waals surface area contributed by atoms with Gasteiger partial charge in [-0.25, -0.2) is 4.79 Å². The Morgan fingerprint density at radius 1 is 1.35 bits per heavy atom. The van der Waals surface area contributed by atoms with Crippen LogP contribution in [0.15, 0.2) is 18.2 Å². The molecule has 9 heteroatoms. The third-order valence-electron chi connectivity index (χ3n) is 3.00. The maximum absolute atomic E-state index is 11.8. The van der Waals surface area contributed by atoms with Crippen molar-refractivity contribution in [2.75, 3.05) is 26.1 Å². The lowest BCUT2D eigenvalue weighted by molar-refractivity contribution is 0.170. The molecule has 23 heavy (non-hydrogen) atoms. The van der Waals surface area contributed by atoms with Gasteiger partial charge in [-0.15, -0.1) is 10.2 Å². The fraction of sp³-hybridized carbons (Fsp3) is 0.357. The maximum Gasteiger partial charge on any atom is 0.321 e. The molecule has 2 aromatic rings. The first-order chi connectivity index (χ1) is 11.0. The normalized spacial score (nSPS) is 11.7. The van der Waals surface area contributed by atoms with Gasteiger partial charge in [-0.2, -0.15) is 0 Å². The van der Waals surface area contributed by atoms with Crippen molar-refractivity contribution in [3.63, 3.8) is 0 Å². The van der Waals surface area contributed by atoms with Crippen LogP contribution < -0.4 is 20.1 Å². The van der Waals surface area contributed by atoms with Gasteiger partial charge in [0.2, 0.25) is 5.13 Å². The van der Waals surface area contributed by atoms with Crippen LogP contribution in [0.5, 0.6) is 11.5 Å². The quantitative estimate of drug-likeness (QED) is 0.740. The summed E-state index contributed by atoms with van der Waals surface area (Å²) in [5, 5.41) is 24.1. The third-order valence-corrected chi connectivity index (χ3v) is 3.75. The molecule has 2 rings (SSSR count). The zero-order chi connectivity index (χ0) is 16.8. The Kier molecular flexibility index (Phi) is 5.72. The Bertz CT molecular complexity index is 677. The van der Waals surface area contributed by atoms with E-state index in [1.807, 2.05) is 0 Å². The van der Waals surface area contributed by atoms with E-state index >= 15 is 0 Å². The van der Waals surface area contributed by atoms with Gasteiger partial charge >= 0.3 is 6.03 Å². The average molecular weight is 338 g/mol. The van der Waals surface area contributed by atoms with Crippen LogP contribution in [0.2, 0.25) is 0 Å². The molecule has 0 saturated carbocycles. The van der Waals surface area contributed by atoms with Crippen LogP contribution in [0, 0.1) is 6.92 Å². The van der Waals surface area contributed by atoms with E-state index in [9.17, 15) is 9.90 Å². The van der Waals surface area contributed by atoms with Crippen molar-refractivity contribution >= 4 is 22.5 Å². The minimum Gasteiger partial charge on any atom is -0.497 e. The number of rotatable bonds is 6. The Hall–Kier alpha value is -2.39. The number of aromatic nitrogens is 2. The smallest absolute Gasteiger partial charge is 0.321 e. The van der Waals surface area contributed by atoms with Crippen molar-refractivity contribution in [3.8, 4) is 11.5 Å². The minimum absolute atomic E-state index is 0.00709. The van der Waals surface area contributed by atoms with E-state index in [4.69, 9.17) is 9.47 Å². The van der Waals surface area contributed by atoms with Crippen molar-refractivity contribution in [1.29, 1.82) is 0 Å². The molecule has 1 unspecified atom stereocenters. The number of ether oxygens (including phenoxy) is 2. The molecular formula is C14H18N4O4S. The molecule has 1 heterocycles. The summed E-state index contributed by atoms with van der Waals surface area (Å²) in [7, 11) is 3.05. The molecule has 124 valence electrons. The van der Waals surface area contributed by atoms with Crippen LogP contribution in [0.4, 0.5) is 9.93 Å². The Balaban J connectivity index is 1.96. The number of urea groups is 1. The molecule has 0 fully saturated rings.